The van der Waals surface area contributed by atoms with Crippen molar-refractivity contribution in [2.75, 3.05) is 20.8 Å². The summed E-state index contributed by atoms with van der Waals surface area (Å²) in [5.74, 6) is 1.12. The smallest absolute Gasteiger partial charge is 0.315 e. The highest BCUT2D eigenvalue weighted by molar-refractivity contribution is 5.87. The minimum atomic E-state index is -0.470. The summed E-state index contributed by atoms with van der Waals surface area (Å²) in [4.78, 5) is 23.8. The first-order valence-corrected chi connectivity index (χ1v) is 7.67. The van der Waals surface area contributed by atoms with Crippen molar-refractivity contribution in [3.63, 3.8) is 0 Å². The zero-order chi connectivity index (χ0) is 16.7. The minimum Gasteiger partial charge on any atom is -0.493 e. The van der Waals surface area contributed by atoms with E-state index in [4.69, 9.17) is 9.47 Å². The van der Waals surface area contributed by atoms with Gasteiger partial charge in [-0.05, 0) is 37.0 Å². The molecule has 2 rings (SSSR count). The molecule has 0 aromatic heterocycles. The molecule has 1 aromatic rings. The number of benzene rings is 1. The summed E-state index contributed by atoms with van der Waals surface area (Å²) in [5, 5.41) is 8.25. The SMILES string of the molecule is COc1ccc(CNC(=O)N[C@@H]2CCCCNC2=O)cc1OC. The summed E-state index contributed by atoms with van der Waals surface area (Å²) in [6.07, 6.45) is 2.52. The van der Waals surface area contributed by atoms with Crippen molar-refractivity contribution in [2.45, 2.75) is 31.8 Å². The van der Waals surface area contributed by atoms with Crippen LogP contribution in [0, 0.1) is 0 Å². The van der Waals surface area contributed by atoms with Gasteiger partial charge in [-0.2, -0.15) is 0 Å². The van der Waals surface area contributed by atoms with Gasteiger partial charge in [0.25, 0.3) is 0 Å². The third-order valence-electron chi connectivity index (χ3n) is 3.74. The summed E-state index contributed by atoms with van der Waals surface area (Å²) < 4.78 is 10.4. The molecule has 3 N–H and O–H groups in total. The van der Waals surface area contributed by atoms with Crippen molar-refractivity contribution in [3.05, 3.63) is 23.8 Å². The van der Waals surface area contributed by atoms with Crippen LogP contribution in [-0.2, 0) is 11.3 Å². The normalized spacial score (nSPS) is 17.7. The molecule has 1 aromatic carbocycles. The van der Waals surface area contributed by atoms with Gasteiger partial charge >= 0.3 is 6.03 Å². The van der Waals surface area contributed by atoms with E-state index in [0.29, 0.717) is 31.0 Å². The Morgan fingerprint density at radius 3 is 2.78 bits per heavy atom. The molecule has 7 heteroatoms. The molecule has 1 saturated heterocycles. The molecular formula is C16H23N3O4. The first-order chi connectivity index (χ1) is 11.1. The van der Waals surface area contributed by atoms with Gasteiger partial charge in [0.05, 0.1) is 14.2 Å². The van der Waals surface area contributed by atoms with Crippen molar-refractivity contribution in [2.24, 2.45) is 0 Å². The Bertz CT molecular complexity index is 562. The molecule has 23 heavy (non-hydrogen) atoms. The molecule has 3 amide bonds. The molecule has 0 bridgehead atoms. The number of rotatable bonds is 5. The lowest BCUT2D eigenvalue weighted by molar-refractivity contribution is -0.122. The summed E-state index contributed by atoms with van der Waals surface area (Å²) in [5.41, 5.74) is 0.878. The second kappa shape index (κ2) is 8.26. The average molecular weight is 321 g/mol. The summed E-state index contributed by atoms with van der Waals surface area (Å²) in [7, 11) is 3.13. The Labute approximate surface area is 135 Å². The summed E-state index contributed by atoms with van der Waals surface area (Å²) >= 11 is 0. The Hall–Kier alpha value is -2.44. The van der Waals surface area contributed by atoms with Gasteiger partial charge in [-0.1, -0.05) is 6.07 Å². The van der Waals surface area contributed by atoms with Crippen LogP contribution in [0.3, 0.4) is 0 Å². The lowest BCUT2D eigenvalue weighted by Gasteiger charge is -2.16. The van der Waals surface area contributed by atoms with Gasteiger partial charge in [0.2, 0.25) is 5.91 Å². The molecule has 1 heterocycles. The van der Waals surface area contributed by atoms with E-state index in [9.17, 15) is 9.59 Å². The fourth-order valence-electron chi connectivity index (χ4n) is 2.46. The van der Waals surface area contributed by atoms with E-state index < -0.39 is 6.04 Å². The molecule has 0 unspecified atom stereocenters. The fraction of sp³-hybridized carbons (Fsp3) is 0.500. The predicted octanol–water partition coefficient (Wildman–Crippen LogP) is 1.17. The maximum Gasteiger partial charge on any atom is 0.315 e. The quantitative estimate of drug-likeness (QED) is 0.759. The molecule has 1 fully saturated rings. The predicted molar refractivity (Wildman–Crippen MR) is 85.6 cm³/mol. The third-order valence-corrected chi connectivity index (χ3v) is 3.74. The zero-order valence-corrected chi connectivity index (χ0v) is 13.5. The van der Waals surface area contributed by atoms with Gasteiger partial charge in [0.1, 0.15) is 6.04 Å². The first kappa shape index (κ1) is 16.9. The highest BCUT2D eigenvalue weighted by Gasteiger charge is 2.22. The van der Waals surface area contributed by atoms with Crippen LogP contribution in [0.5, 0.6) is 11.5 Å². The summed E-state index contributed by atoms with van der Waals surface area (Å²) in [6.45, 7) is 1.00. The average Bonchev–Trinajstić information content (AvgIpc) is 2.77. The molecule has 0 saturated carbocycles. The van der Waals surface area contributed by atoms with E-state index in [1.165, 1.54) is 0 Å². The molecule has 1 aliphatic rings. The van der Waals surface area contributed by atoms with Crippen LogP contribution in [0.15, 0.2) is 18.2 Å². The van der Waals surface area contributed by atoms with Crippen LogP contribution in [-0.4, -0.2) is 38.7 Å². The van der Waals surface area contributed by atoms with Crippen LogP contribution in [0.25, 0.3) is 0 Å². The van der Waals surface area contributed by atoms with Crippen LogP contribution >= 0.6 is 0 Å². The van der Waals surface area contributed by atoms with Gasteiger partial charge in [-0.3, -0.25) is 4.79 Å². The van der Waals surface area contributed by atoms with Gasteiger partial charge in [-0.15, -0.1) is 0 Å². The summed E-state index contributed by atoms with van der Waals surface area (Å²) in [6, 6.07) is 4.61. The zero-order valence-electron chi connectivity index (χ0n) is 13.5. The minimum absolute atomic E-state index is 0.122. The second-order valence-electron chi connectivity index (χ2n) is 5.36. The standard InChI is InChI=1S/C16H23N3O4/c1-22-13-7-6-11(9-14(13)23-2)10-18-16(21)19-12-5-3-4-8-17-15(12)20/h6-7,9,12H,3-5,8,10H2,1-2H3,(H,17,20)(H2,18,19,21)/t12-/m1/s1. The van der Waals surface area contributed by atoms with E-state index in [1.807, 2.05) is 6.07 Å². The second-order valence-corrected chi connectivity index (χ2v) is 5.36. The molecular weight excluding hydrogens is 298 g/mol. The number of carbonyl (C=O) groups excluding carboxylic acids is 2. The molecule has 0 spiro atoms. The van der Waals surface area contributed by atoms with Gasteiger partial charge in [0.15, 0.2) is 11.5 Å². The lowest BCUT2D eigenvalue weighted by atomic mass is 10.1. The van der Waals surface area contributed by atoms with Crippen LogP contribution in [0.2, 0.25) is 0 Å². The topological polar surface area (TPSA) is 88.7 Å². The Morgan fingerprint density at radius 2 is 2.04 bits per heavy atom. The first-order valence-electron chi connectivity index (χ1n) is 7.67. The number of nitrogens with one attached hydrogen (secondary N) is 3. The fourth-order valence-corrected chi connectivity index (χ4v) is 2.46. The van der Waals surface area contributed by atoms with Crippen molar-refractivity contribution in [3.8, 4) is 11.5 Å². The van der Waals surface area contributed by atoms with E-state index in [1.54, 1.807) is 26.4 Å². The van der Waals surface area contributed by atoms with Crippen LogP contribution < -0.4 is 25.4 Å². The number of hydrogen-bond donors (Lipinski definition) is 3. The lowest BCUT2D eigenvalue weighted by Crippen LogP contribution is -2.48. The van der Waals surface area contributed by atoms with Crippen molar-refractivity contribution in [1.29, 1.82) is 0 Å². The molecule has 0 radical (unpaired) electrons. The molecule has 126 valence electrons. The highest BCUT2D eigenvalue weighted by atomic mass is 16.5. The maximum absolute atomic E-state index is 12.0. The molecule has 1 atom stereocenters. The number of ether oxygens (including phenoxy) is 2. The Balaban J connectivity index is 1.87. The van der Waals surface area contributed by atoms with E-state index in [-0.39, 0.29) is 11.9 Å². The van der Waals surface area contributed by atoms with Crippen molar-refractivity contribution in [1.82, 2.24) is 16.0 Å². The van der Waals surface area contributed by atoms with E-state index in [0.717, 1.165) is 18.4 Å². The largest absolute Gasteiger partial charge is 0.493 e. The Morgan fingerprint density at radius 1 is 1.26 bits per heavy atom. The number of carbonyl (C=O) groups is 2. The highest BCUT2D eigenvalue weighted by Crippen LogP contribution is 2.27. The monoisotopic (exact) mass is 321 g/mol. The molecule has 7 nitrogen and oxygen atoms in total. The van der Waals surface area contributed by atoms with Crippen molar-refractivity contribution < 1.29 is 19.1 Å². The number of methoxy groups -OCH3 is 2. The van der Waals surface area contributed by atoms with Gasteiger partial charge in [-0.25, -0.2) is 4.79 Å². The molecule has 1 aliphatic heterocycles. The van der Waals surface area contributed by atoms with Gasteiger partial charge in [0, 0.05) is 13.1 Å². The van der Waals surface area contributed by atoms with E-state index >= 15 is 0 Å². The van der Waals surface area contributed by atoms with Gasteiger partial charge < -0.3 is 25.4 Å². The number of urea groups is 1. The third kappa shape index (κ3) is 4.77. The van der Waals surface area contributed by atoms with Crippen LogP contribution in [0.4, 0.5) is 4.79 Å². The number of hydrogen-bond acceptors (Lipinski definition) is 4. The molecule has 0 aliphatic carbocycles. The number of amides is 3. The van der Waals surface area contributed by atoms with Crippen molar-refractivity contribution >= 4 is 11.9 Å². The maximum atomic E-state index is 12.0. The van der Waals surface area contributed by atoms with Crippen LogP contribution in [0.1, 0.15) is 24.8 Å². The van der Waals surface area contributed by atoms with E-state index in [2.05, 4.69) is 16.0 Å². The Kier molecular flexibility index (Phi) is 6.08.